The molecule has 1 rings (SSSR count). The second kappa shape index (κ2) is 6.93. The predicted octanol–water partition coefficient (Wildman–Crippen LogP) is 1.51. The van der Waals surface area contributed by atoms with Crippen LogP contribution in [0.25, 0.3) is 0 Å². The average Bonchev–Trinajstić information content (AvgIpc) is 2.62. The van der Waals surface area contributed by atoms with Crippen LogP contribution in [-0.2, 0) is 14.8 Å². The zero-order chi connectivity index (χ0) is 12.0. The SMILES string of the molecule is COCCCS(=O)(=O)NCC1CCC(Br)C1. The van der Waals surface area contributed by atoms with Gasteiger partial charge < -0.3 is 4.74 Å². The number of halogens is 1. The van der Waals surface area contributed by atoms with Crippen molar-refractivity contribution in [2.24, 2.45) is 5.92 Å². The lowest BCUT2D eigenvalue weighted by Crippen LogP contribution is -2.31. The van der Waals surface area contributed by atoms with E-state index in [2.05, 4.69) is 20.7 Å². The first-order chi connectivity index (χ1) is 7.53. The Bertz CT molecular complexity index is 294. The first kappa shape index (κ1) is 14.4. The Hall–Kier alpha value is 0.350. The molecule has 4 nitrogen and oxygen atoms in total. The monoisotopic (exact) mass is 313 g/mol. The molecule has 0 radical (unpaired) electrons. The fourth-order valence-electron chi connectivity index (χ4n) is 1.91. The van der Waals surface area contributed by atoms with Gasteiger partial charge in [-0.05, 0) is 31.6 Å². The van der Waals surface area contributed by atoms with Crippen molar-refractivity contribution in [1.82, 2.24) is 4.72 Å². The Balaban J connectivity index is 2.20. The summed E-state index contributed by atoms with van der Waals surface area (Å²) in [6, 6.07) is 0. The molecule has 0 aliphatic heterocycles. The highest BCUT2D eigenvalue weighted by Crippen LogP contribution is 2.30. The van der Waals surface area contributed by atoms with Gasteiger partial charge in [-0.25, -0.2) is 13.1 Å². The van der Waals surface area contributed by atoms with E-state index in [4.69, 9.17) is 4.74 Å². The zero-order valence-electron chi connectivity index (χ0n) is 9.62. The number of ether oxygens (including phenoxy) is 1. The second-order valence-corrected chi connectivity index (χ2v) is 7.51. The molecule has 0 amide bonds. The summed E-state index contributed by atoms with van der Waals surface area (Å²) in [6.07, 6.45) is 3.88. The summed E-state index contributed by atoms with van der Waals surface area (Å²) < 4.78 is 30.6. The first-order valence-corrected chi connectivity index (χ1v) is 8.20. The second-order valence-electron chi connectivity index (χ2n) is 4.29. The lowest BCUT2D eigenvalue weighted by atomic mass is 10.1. The Morgan fingerprint density at radius 3 is 2.75 bits per heavy atom. The van der Waals surface area contributed by atoms with Crippen molar-refractivity contribution in [2.45, 2.75) is 30.5 Å². The summed E-state index contributed by atoms with van der Waals surface area (Å²) in [5.41, 5.74) is 0. The maximum atomic E-state index is 11.6. The third-order valence-corrected chi connectivity index (χ3v) is 5.09. The van der Waals surface area contributed by atoms with Crippen molar-refractivity contribution < 1.29 is 13.2 Å². The van der Waals surface area contributed by atoms with Crippen molar-refractivity contribution in [1.29, 1.82) is 0 Å². The summed E-state index contributed by atoms with van der Waals surface area (Å²) >= 11 is 3.56. The highest BCUT2D eigenvalue weighted by Gasteiger charge is 2.23. The summed E-state index contributed by atoms with van der Waals surface area (Å²) in [4.78, 5) is 0.565. The minimum absolute atomic E-state index is 0.158. The van der Waals surface area contributed by atoms with Crippen molar-refractivity contribution >= 4 is 26.0 Å². The van der Waals surface area contributed by atoms with Gasteiger partial charge in [0.2, 0.25) is 10.0 Å². The molecule has 0 heterocycles. The molecule has 1 aliphatic rings. The van der Waals surface area contributed by atoms with Gasteiger partial charge in [0.1, 0.15) is 0 Å². The number of hydrogen-bond acceptors (Lipinski definition) is 3. The molecule has 0 saturated heterocycles. The van der Waals surface area contributed by atoms with E-state index in [1.165, 1.54) is 0 Å². The van der Waals surface area contributed by atoms with E-state index in [0.29, 0.717) is 30.3 Å². The number of hydrogen-bond donors (Lipinski definition) is 1. The normalized spacial score (nSPS) is 26.1. The van der Waals surface area contributed by atoms with E-state index in [9.17, 15) is 8.42 Å². The van der Waals surface area contributed by atoms with Crippen LogP contribution in [0.4, 0.5) is 0 Å². The van der Waals surface area contributed by atoms with E-state index < -0.39 is 10.0 Å². The topological polar surface area (TPSA) is 55.4 Å². The van der Waals surface area contributed by atoms with Crippen molar-refractivity contribution in [3.05, 3.63) is 0 Å². The third kappa shape index (κ3) is 5.61. The van der Waals surface area contributed by atoms with Crippen molar-refractivity contribution in [2.75, 3.05) is 26.0 Å². The minimum Gasteiger partial charge on any atom is -0.385 e. The average molecular weight is 314 g/mol. The van der Waals surface area contributed by atoms with Crippen molar-refractivity contribution in [3.63, 3.8) is 0 Å². The number of rotatable bonds is 7. The lowest BCUT2D eigenvalue weighted by molar-refractivity contribution is 0.199. The molecular formula is C10H20BrNO3S. The fourth-order valence-corrected chi connectivity index (χ4v) is 3.83. The van der Waals surface area contributed by atoms with E-state index in [0.717, 1.165) is 19.3 Å². The minimum atomic E-state index is -3.10. The Labute approximate surface area is 106 Å². The molecule has 2 atom stereocenters. The van der Waals surface area contributed by atoms with Gasteiger partial charge in [0.05, 0.1) is 5.75 Å². The van der Waals surface area contributed by atoms with Crippen LogP contribution in [-0.4, -0.2) is 39.3 Å². The van der Waals surface area contributed by atoms with Gasteiger partial charge >= 0.3 is 0 Å². The highest BCUT2D eigenvalue weighted by atomic mass is 79.9. The molecule has 16 heavy (non-hydrogen) atoms. The molecule has 1 aliphatic carbocycles. The molecule has 0 aromatic heterocycles. The summed E-state index contributed by atoms with van der Waals surface area (Å²) in [7, 11) is -1.53. The Morgan fingerprint density at radius 2 is 2.19 bits per heavy atom. The van der Waals surface area contributed by atoms with Gasteiger partial charge in [0.15, 0.2) is 0 Å². The number of sulfonamides is 1. The molecule has 0 spiro atoms. The highest BCUT2D eigenvalue weighted by molar-refractivity contribution is 9.09. The maximum Gasteiger partial charge on any atom is 0.211 e. The van der Waals surface area contributed by atoms with Gasteiger partial charge in [-0.1, -0.05) is 15.9 Å². The molecule has 0 bridgehead atoms. The van der Waals surface area contributed by atoms with Crippen LogP contribution in [0, 0.1) is 5.92 Å². The Morgan fingerprint density at radius 1 is 1.44 bits per heavy atom. The number of alkyl halides is 1. The van der Waals surface area contributed by atoms with Crippen LogP contribution < -0.4 is 4.72 Å². The van der Waals surface area contributed by atoms with Crippen LogP contribution in [0.2, 0.25) is 0 Å². The molecule has 2 unspecified atom stereocenters. The van der Waals surface area contributed by atoms with Crippen LogP contribution in [0.1, 0.15) is 25.7 Å². The van der Waals surface area contributed by atoms with Crippen LogP contribution >= 0.6 is 15.9 Å². The summed E-state index contributed by atoms with van der Waals surface area (Å²) in [5, 5.41) is 0. The van der Waals surface area contributed by atoms with Gasteiger partial charge in [0, 0.05) is 25.1 Å². The molecule has 1 fully saturated rings. The molecule has 1 N–H and O–H groups in total. The van der Waals surface area contributed by atoms with Crippen LogP contribution in [0.15, 0.2) is 0 Å². The maximum absolute atomic E-state index is 11.6. The molecule has 1 saturated carbocycles. The number of methoxy groups -OCH3 is 1. The summed E-state index contributed by atoms with van der Waals surface area (Å²) in [6.45, 7) is 1.07. The molecule has 6 heteroatoms. The first-order valence-electron chi connectivity index (χ1n) is 5.64. The van der Waals surface area contributed by atoms with Gasteiger partial charge in [0.25, 0.3) is 0 Å². The van der Waals surface area contributed by atoms with E-state index >= 15 is 0 Å². The van der Waals surface area contributed by atoms with Crippen LogP contribution in [0.3, 0.4) is 0 Å². The van der Waals surface area contributed by atoms with Crippen LogP contribution in [0.5, 0.6) is 0 Å². The molecule has 96 valence electrons. The number of nitrogens with one attached hydrogen (secondary N) is 1. The van der Waals surface area contributed by atoms with Gasteiger partial charge in [-0.2, -0.15) is 0 Å². The largest absolute Gasteiger partial charge is 0.385 e. The molecule has 0 aromatic carbocycles. The lowest BCUT2D eigenvalue weighted by Gasteiger charge is -2.11. The standard InChI is InChI=1S/C10H20BrNO3S/c1-15-5-2-6-16(13,14)12-8-9-3-4-10(11)7-9/h9-10,12H,2-8H2,1H3. The van der Waals surface area contributed by atoms with E-state index in [-0.39, 0.29) is 5.75 Å². The van der Waals surface area contributed by atoms with Gasteiger partial charge in [-0.3, -0.25) is 0 Å². The fraction of sp³-hybridized carbons (Fsp3) is 1.00. The quantitative estimate of drug-likeness (QED) is 0.572. The zero-order valence-corrected chi connectivity index (χ0v) is 12.0. The molecule has 0 aromatic rings. The Kier molecular flexibility index (Phi) is 6.25. The third-order valence-electron chi connectivity index (χ3n) is 2.83. The van der Waals surface area contributed by atoms with E-state index in [1.807, 2.05) is 0 Å². The van der Waals surface area contributed by atoms with Crippen molar-refractivity contribution in [3.8, 4) is 0 Å². The van der Waals surface area contributed by atoms with Gasteiger partial charge in [-0.15, -0.1) is 0 Å². The van der Waals surface area contributed by atoms with E-state index in [1.54, 1.807) is 7.11 Å². The molecular weight excluding hydrogens is 294 g/mol. The smallest absolute Gasteiger partial charge is 0.211 e. The predicted molar refractivity (Wildman–Crippen MR) is 68.3 cm³/mol. The summed E-state index contributed by atoms with van der Waals surface area (Å²) in [5.74, 6) is 0.646.